The van der Waals surface area contributed by atoms with Crippen LogP contribution in [-0.2, 0) is 17.5 Å². The van der Waals surface area contributed by atoms with E-state index in [1.54, 1.807) is 44.8 Å². The van der Waals surface area contributed by atoms with Crippen molar-refractivity contribution in [3.8, 4) is 17.0 Å². The van der Waals surface area contributed by atoms with E-state index in [1.807, 2.05) is 36.4 Å². The Balaban J connectivity index is 0.000000263. The highest BCUT2D eigenvalue weighted by molar-refractivity contribution is 5.75. The first-order valence-electron chi connectivity index (χ1n) is 12.5. The first kappa shape index (κ1) is 30.4. The van der Waals surface area contributed by atoms with Gasteiger partial charge in [0.25, 0.3) is 0 Å². The van der Waals surface area contributed by atoms with Crippen molar-refractivity contribution in [3.63, 3.8) is 0 Å². The summed E-state index contributed by atoms with van der Waals surface area (Å²) < 4.78 is 42.7. The summed E-state index contributed by atoms with van der Waals surface area (Å²) in [5.41, 5.74) is 2.96. The minimum Gasteiger partial charge on any atom is -0.493 e. The van der Waals surface area contributed by atoms with Crippen molar-refractivity contribution in [2.24, 2.45) is 0 Å². The lowest BCUT2D eigenvalue weighted by molar-refractivity contribution is -0.138. The van der Waals surface area contributed by atoms with Crippen molar-refractivity contribution in [2.45, 2.75) is 19.6 Å². The predicted octanol–water partition coefficient (Wildman–Crippen LogP) is 6.42. The topological polar surface area (TPSA) is 113 Å². The Morgan fingerprint density at radius 3 is 2.44 bits per heavy atom. The summed E-state index contributed by atoms with van der Waals surface area (Å²) in [6, 6.07) is 15.2. The van der Waals surface area contributed by atoms with Crippen molar-refractivity contribution in [2.75, 3.05) is 34.9 Å². The number of aromatic nitrogens is 3. The number of benzene rings is 2. The molecule has 0 saturated carbocycles. The first-order chi connectivity index (χ1) is 19.8. The highest BCUT2D eigenvalue weighted by Crippen LogP contribution is 2.37. The van der Waals surface area contributed by atoms with Crippen LogP contribution in [0.15, 0.2) is 86.0 Å². The summed E-state index contributed by atoms with van der Waals surface area (Å²) in [4.78, 5) is 23.7. The first-order valence-corrected chi connectivity index (χ1v) is 12.5. The molecule has 4 N–H and O–H groups in total. The standard InChI is InChI=1S/C19H18N6O.C10H12F3NO/c1-2-21-18-19(22-11-14-6-8-20-9-7-14)25-17(12-23-18)15-4-3-5-16(10-15)24-13-26;1-3-15-9-5-4-7(14-2)6-8(9)10(11,12)13/h2-10,12-13H,1,11H2,(H,21,23)(H,22,25)(H,24,26);4-6,14H,3H2,1-2H3. The van der Waals surface area contributed by atoms with Crippen LogP contribution in [0.2, 0.25) is 0 Å². The summed E-state index contributed by atoms with van der Waals surface area (Å²) in [6.45, 7) is 6.11. The molecule has 2 aromatic carbocycles. The molecule has 0 bridgehead atoms. The molecule has 9 nitrogen and oxygen atoms in total. The molecule has 4 aromatic rings. The van der Waals surface area contributed by atoms with E-state index in [0.29, 0.717) is 41.7 Å². The average molecular weight is 566 g/mol. The molecule has 41 heavy (non-hydrogen) atoms. The molecular formula is C29H30F3N7O2. The van der Waals surface area contributed by atoms with Gasteiger partial charge in [0.15, 0.2) is 11.6 Å². The number of hydrogen-bond donors (Lipinski definition) is 4. The number of anilines is 4. The zero-order valence-corrected chi connectivity index (χ0v) is 22.5. The maximum Gasteiger partial charge on any atom is 0.420 e. The highest BCUT2D eigenvalue weighted by Gasteiger charge is 2.34. The molecule has 0 atom stereocenters. The van der Waals surface area contributed by atoms with Crippen LogP contribution >= 0.6 is 0 Å². The van der Waals surface area contributed by atoms with E-state index < -0.39 is 11.7 Å². The largest absolute Gasteiger partial charge is 0.493 e. The van der Waals surface area contributed by atoms with E-state index in [2.05, 4.69) is 42.8 Å². The fourth-order valence-corrected chi connectivity index (χ4v) is 3.56. The number of pyridine rings is 1. The van der Waals surface area contributed by atoms with Crippen LogP contribution < -0.4 is 26.0 Å². The summed E-state index contributed by atoms with van der Waals surface area (Å²) >= 11 is 0. The Bertz CT molecular complexity index is 1430. The van der Waals surface area contributed by atoms with Crippen LogP contribution in [0.25, 0.3) is 11.3 Å². The van der Waals surface area contributed by atoms with Crippen LogP contribution in [0.1, 0.15) is 18.1 Å². The van der Waals surface area contributed by atoms with Gasteiger partial charge in [0.1, 0.15) is 5.75 Å². The number of alkyl halides is 3. The number of nitrogens with one attached hydrogen (secondary N) is 4. The number of rotatable bonds is 11. The number of ether oxygens (including phenoxy) is 1. The van der Waals surface area contributed by atoms with Gasteiger partial charge in [-0.3, -0.25) is 9.78 Å². The van der Waals surface area contributed by atoms with Crippen molar-refractivity contribution >= 4 is 29.4 Å². The van der Waals surface area contributed by atoms with E-state index in [0.717, 1.165) is 17.2 Å². The van der Waals surface area contributed by atoms with Crippen molar-refractivity contribution in [1.29, 1.82) is 0 Å². The van der Waals surface area contributed by atoms with Crippen molar-refractivity contribution < 1.29 is 22.7 Å². The zero-order valence-electron chi connectivity index (χ0n) is 22.5. The molecule has 0 fully saturated rings. The smallest absolute Gasteiger partial charge is 0.420 e. The Morgan fingerprint density at radius 2 is 1.78 bits per heavy atom. The van der Waals surface area contributed by atoms with E-state index in [1.165, 1.54) is 6.07 Å². The normalized spacial score (nSPS) is 10.5. The van der Waals surface area contributed by atoms with Crippen molar-refractivity contribution in [1.82, 2.24) is 15.0 Å². The third kappa shape index (κ3) is 8.95. The van der Waals surface area contributed by atoms with Gasteiger partial charge < -0.3 is 26.0 Å². The molecule has 0 aliphatic rings. The fourth-order valence-electron chi connectivity index (χ4n) is 3.56. The van der Waals surface area contributed by atoms with E-state index in [4.69, 9.17) is 4.74 Å². The zero-order chi connectivity index (χ0) is 29.7. The summed E-state index contributed by atoms with van der Waals surface area (Å²) in [5, 5.41) is 11.5. The van der Waals surface area contributed by atoms with Gasteiger partial charge in [-0.2, -0.15) is 13.2 Å². The molecule has 0 spiro atoms. The number of halogens is 3. The molecule has 0 aliphatic carbocycles. The minimum absolute atomic E-state index is 0.135. The SMILES string of the molecule is C=CNc1ncc(-c2cccc(NC=O)c2)nc1NCc1ccncc1.CCOc1ccc(NC)cc1C(F)(F)F. The Morgan fingerprint density at radius 1 is 1.00 bits per heavy atom. The minimum atomic E-state index is -4.39. The van der Waals surface area contributed by atoms with Gasteiger partial charge in [-0.1, -0.05) is 18.7 Å². The lowest BCUT2D eigenvalue weighted by Gasteiger charge is -2.14. The molecule has 4 rings (SSSR count). The molecule has 2 heterocycles. The lowest BCUT2D eigenvalue weighted by Crippen LogP contribution is -2.09. The molecule has 0 radical (unpaired) electrons. The summed E-state index contributed by atoms with van der Waals surface area (Å²) in [7, 11) is 1.57. The van der Waals surface area contributed by atoms with E-state index in [9.17, 15) is 18.0 Å². The van der Waals surface area contributed by atoms with Gasteiger partial charge in [-0.25, -0.2) is 9.97 Å². The van der Waals surface area contributed by atoms with Gasteiger partial charge >= 0.3 is 6.18 Å². The van der Waals surface area contributed by atoms with Crippen LogP contribution in [0, 0.1) is 0 Å². The van der Waals surface area contributed by atoms with Crippen molar-refractivity contribution in [3.05, 3.63) is 97.1 Å². The maximum absolute atomic E-state index is 12.6. The third-order valence-electron chi connectivity index (χ3n) is 5.48. The molecular weight excluding hydrogens is 535 g/mol. The number of carbonyl (C=O) groups excluding carboxylic acids is 1. The monoisotopic (exact) mass is 565 g/mol. The van der Waals surface area contributed by atoms with E-state index >= 15 is 0 Å². The second-order valence-electron chi connectivity index (χ2n) is 8.24. The van der Waals surface area contributed by atoms with Crippen LogP contribution in [-0.4, -0.2) is 35.0 Å². The maximum atomic E-state index is 12.6. The van der Waals surface area contributed by atoms with Gasteiger partial charge in [0.2, 0.25) is 6.41 Å². The number of nitrogens with zero attached hydrogens (tertiary/aromatic N) is 3. The van der Waals surface area contributed by atoms with Crippen LogP contribution in [0.3, 0.4) is 0 Å². The quantitative estimate of drug-likeness (QED) is 0.154. The average Bonchev–Trinajstić information content (AvgIpc) is 2.98. The Kier molecular flexibility index (Phi) is 11.0. The van der Waals surface area contributed by atoms with E-state index in [-0.39, 0.29) is 12.4 Å². The summed E-state index contributed by atoms with van der Waals surface area (Å²) in [5.74, 6) is 1.05. The Hall–Kier alpha value is -5.13. The predicted molar refractivity (Wildman–Crippen MR) is 155 cm³/mol. The molecule has 0 unspecified atom stereocenters. The van der Waals surface area contributed by atoms with Gasteiger partial charge in [-0.05, 0) is 61.2 Å². The van der Waals surface area contributed by atoms with Crippen LogP contribution in [0.5, 0.6) is 5.75 Å². The summed E-state index contributed by atoms with van der Waals surface area (Å²) in [6.07, 6.45) is 2.96. The van der Waals surface area contributed by atoms with Crippen LogP contribution in [0.4, 0.5) is 36.2 Å². The fraction of sp³-hybridized carbons (Fsp3) is 0.172. The number of amides is 1. The second-order valence-corrected chi connectivity index (χ2v) is 8.24. The highest BCUT2D eigenvalue weighted by atomic mass is 19.4. The number of carbonyl (C=O) groups is 1. The molecule has 2 aromatic heterocycles. The number of hydrogen-bond acceptors (Lipinski definition) is 8. The molecule has 0 aliphatic heterocycles. The molecule has 0 saturated heterocycles. The van der Waals surface area contributed by atoms with Gasteiger partial charge in [-0.15, -0.1) is 0 Å². The second kappa shape index (κ2) is 14.9. The molecule has 1 amide bonds. The molecule has 12 heteroatoms. The van der Waals surface area contributed by atoms with Gasteiger partial charge in [0, 0.05) is 42.9 Å². The van der Waals surface area contributed by atoms with Gasteiger partial charge in [0.05, 0.1) is 24.1 Å². The molecule has 214 valence electrons. The lowest BCUT2D eigenvalue weighted by atomic mass is 10.1. The third-order valence-corrected chi connectivity index (χ3v) is 5.48. The Labute approximate surface area is 235 Å².